The van der Waals surface area contributed by atoms with Gasteiger partial charge in [-0.15, -0.1) is 0 Å². The summed E-state index contributed by atoms with van der Waals surface area (Å²) in [6.45, 7) is 8.82. The van der Waals surface area contributed by atoms with Crippen molar-refractivity contribution in [2.45, 2.75) is 40.3 Å². The second-order valence-corrected chi connectivity index (χ2v) is 5.32. The molecule has 0 radical (unpaired) electrons. The van der Waals surface area contributed by atoms with Crippen molar-refractivity contribution >= 4 is 15.9 Å². The monoisotopic (exact) mass is 260 g/mol. The zero-order chi connectivity index (χ0) is 10.9. The van der Waals surface area contributed by atoms with Gasteiger partial charge >= 0.3 is 0 Å². The summed E-state index contributed by atoms with van der Waals surface area (Å²) >= 11 is 3.41. The van der Waals surface area contributed by atoms with Crippen molar-refractivity contribution in [1.82, 2.24) is 9.78 Å². The Hall–Kier alpha value is -0.350. The molecule has 0 amide bonds. The van der Waals surface area contributed by atoms with Crippen LogP contribution in [0.15, 0.2) is 10.7 Å². The summed E-state index contributed by atoms with van der Waals surface area (Å²) in [6.07, 6.45) is 1.23. The summed E-state index contributed by atoms with van der Waals surface area (Å²) in [5.74, 6) is 0. The van der Waals surface area contributed by atoms with Crippen LogP contribution >= 0.6 is 15.9 Å². The highest BCUT2D eigenvalue weighted by atomic mass is 79.9. The lowest BCUT2D eigenvalue weighted by Gasteiger charge is -2.26. The van der Waals surface area contributed by atoms with Crippen LogP contribution in [-0.2, 0) is 6.54 Å². The molecular formula is C10H17BrN2O. The summed E-state index contributed by atoms with van der Waals surface area (Å²) in [5.41, 5.74) is 0.690. The number of aromatic nitrogens is 2. The van der Waals surface area contributed by atoms with Gasteiger partial charge in [-0.25, -0.2) is 0 Å². The van der Waals surface area contributed by atoms with Crippen molar-refractivity contribution in [3.8, 4) is 0 Å². The second kappa shape index (κ2) is 4.03. The molecule has 0 aromatic carbocycles. The fraction of sp³-hybridized carbons (Fsp3) is 0.700. The average molecular weight is 261 g/mol. The van der Waals surface area contributed by atoms with Crippen molar-refractivity contribution in [2.75, 3.05) is 0 Å². The highest BCUT2D eigenvalue weighted by molar-refractivity contribution is 9.10. The van der Waals surface area contributed by atoms with E-state index in [4.69, 9.17) is 0 Å². The predicted octanol–water partition coefficient (Wildman–Crippen LogP) is 2.75. The molecule has 0 aliphatic carbocycles. The molecule has 1 heterocycles. The smallest absolute Gasteiger partial charge is 0.102 e. The molecule has 1 aromatic heterocycles. The number of hydrogen-bond acceptors (Lipinski definition) is 2. The molecule has 0 spiro atoms. The van der Waals surface area contributed by atoms with Gasteiger partial charge in [0, 0.05) is 6.54 Å². The summed E-state index contributed by atoms with van der Waals surface area (Å²) < 4.78 is 2.70. The first-order valence-electron chi connectivity index (χ1n) is 4.77. The topological polar surface area (TPSA) is 38.0 Å². The van der Waals surface area contributed by atoms with Crippen LogP contribution in [0.4, 0.5) is 0 Å². The van der Waals surface area contributed by atoms with Crippen LogP contribution in [0.1, 0.15) is 39.5 Å². The summed E-state index contributed by atoms with van der Waals surface area (Å²) in [6, 6.07) is 0. The second-order valence-electron chi connectivity index (χ2n) is 4.46. The number of nitrogens with zero attached hydrogens (tertiary/aromatic N) is 2. The third kappa shape index (κ3) is 2.17. The van der Waals surface area contributed by atoms with Crippen LogP contribution < -0.4 is 0 Å². The Labute approximate surface area is 93.3 Å². The molecule has 1 rings (SSSR count). The normalized spacial score (nSPS) is 14.4. The third-order valence-electron chi connectivity index (χ3n) is 2.21. The molecule has 4 heteroatoms. The molecule has 0 saturated carbocycles. The van der Waals surface area contributed by atoms with Gasteiger partial charge in [0.25, 0.3) is 0 Å². The standard InChI is InChI=1S/C10H17BrN2O/c1-5-13-8(7(11)6-12-13)9(14)10(2,3)4/h6,9,14H,5H2,1-4H3. The Morgan fingerprint density at radius 3 is 2.57 bits per heavy atom. The van der Waals surface area contributed by atoms with Gasteiger partial charge in [-0.05, 0) is 28.3 Å². The van der Waals surface area contributed by atoms with Gasteiger partial charge in [0.2, 0.25) is 0 Å². The predicted molar refractivity (Wildman–Crippen MR) is 60.0 cm³/mol. The molecule has 0 aliphatic heterocycles. The van der Waals surface area contributed by atoms with E-state index in [0.717, 1.165) is 16.7 Å². The molecular weight excluding hydrogens is 244 g/mol. The molecule has 1 N–H and O–H groups in total. The maximum Gasteiger partial charge on any atom is 0.102 e. The average Bonchev–Trinajstić information content (AvgIpc) is 2.43. The molecule has 1 unspecified atom stereocenters. The number of aliphatic hydroxyl groups is 1. The van der Waals surface area contributed by atoms with Crippen molar-refractivity contribution in [1.29, 1.82) is 0 Å². The number of aryl methyl sites for hydroxylation is 1. The molecule has 1 aromatic rings. The van der Waals surface area contributed by atoms with Gasteiger partial charge in [0.1, 0.15) is 6.10 Å². The number of aliphatic hydroxyl groups excluding tert-OH is 1. The zero-order valence-electron chi connectivity index (χ0n) is 9.08. The highest BCUT2D eigenvalue weighted by Crippen LogP contribution is 2.35. The van der Waals surface area contributed by atoms with E-state index in [0.29, 0.717) is 0 Å². The van der Waals surface area contributed by atoms with Crippen molar-refractivity contribution < 1.29 is 5.11 Å². The van der Waals surface area contributed by atoms with Gasteiger partial charge in [-0.3, -0.25) is 4.68 Å². The first-order valence-corrected chi connectivity index (χ1v) is 5.56. The van der Waals surface area contributed by atoms with E-state index in [-0.39, 0.29) is 5.41 Å². The summed E-state index contributed by atoms with van der Waals surface area (Å²) in [5, 5.41) is 14.3. The number of halogens is 1. The van der Waals surface area contributed by atoms with Crippen molar-refractivity contribution in [2.24, 2.45) is 5.41 Å². The van der Waals surface area contributed by atoms with Gasteiger partial charge in [0.15, 0.2) is 0 Å². The lowest BCUT2D eigenvalue weighted by atomic mass is 9.87. The van der Waals surface area contributed by atoms with Crippen molar-refractivity contribution in [3.63, 3.8) is 0 Å². The maximum absolute atomic E-state index is 10.1. The van der Waals surface area contributed by atoms with E-state index in [1.54, 1.807) is 6.20 Å². The highest BCUT2D eigenvalue weighted by Gasteiger charge is 2.28. The SMILES string of the molecule is CCn1ncc(Br)c1C(O)C(C)(C)C. The number of hydrogen-bond donors (Lipinski definition) is 1. The Bertz CT molecular complexity index is 314. The molecule has 0 saturated heterocycles. The first-order chi connectivity index (χ1) is 6.38. The van der Waals surface area contributed by atoms with Crippen LogP contribution in [0.3, 0.4) is 0 Å². The molecule has 3 nitrogen and oxygen atoms in total. The Morgan fingerprint density at radius 2 is 2.14 bits per heavy atom. The van der Waals surface area contributed by atoms with Gasteiger partial charge in [0.05, 0.1) is 16.4 Å². The van der Waals surface area contributed by atoms with Crippen LogP contribution in [0, 0.1) is 5.41 Å². The van der Waals surface area contributed by atoms with Crippen LogP contribution in [0.5, 0.6) is 0 Å². The van der Waals surface area contributed by atoms with Crippen LogP contribution in [-0.4, -0.2) is 14.9 Å². The molecule has 1 atom stereocenters. The molecule has 14 heavy (non-hydrogen) atoms. The fourth-order valence-electron chi connectivity index (χ4n) is 1.31. The van der Waals surface area contributed by atoms with E-state index in [1.807, 2.05) is 32.4 Å². The molecule has 0 bridgehead atoms. The minimum absolute atomic E-state index is 0.171. The van der Waals surface area contributed by atoms with Crippen molar-refractivity contribution in [3.05, 3.63) is 16.4 Å². The fourth-order valence-corrected chi connectivity index (χ4v) is 1.82. The van der Waals surface area contributed by atoms with E-state index in [9.17, 15) is 5.11 Å². The third-order valence-corrected chi connectivity index (χ3v) is 2.82. The zero-order valence-corrected chi connectivity index (χ0v) is 10.7. The maximum atomic E-state index is 10.1. The minimum Gasteiger partial charge on any atom is -0.386 e. The number of rotatable bonds is 2. The largest absolute Gasteiger partial charge is 0.386 e. The summed E-state index contributed by atoms with van der Waals surface area (Å²) in [7, 11) is 0. The lowest BCUT2D eigenvalue weighted by molar-refractivity contribution is 0.0541. The molecule has 80 valence electrons. The molecule has 0 fully saturated rings. The lowest BCUT2D eigenvalue weighted by Crippen LogP contribution is -2.21. The van der Waals surface area contributed by atoms with E-state index < -0.39 is 6.10 Å². The van der Waals surface area contributed by atoms with E-state index in [1.165, 1.54) is 0 Å². The van der Waals surface area contributed by atoms with E-state index >= 15 is 0 Å². The summed E-state index contributed by atoms with van der Waals surface area (Å²) in [4.78, 5) is 0. The Balaban J connectivity index is 3.11. The van der Waals surface area contributed by atoms with Gasteiger partial charge < -0.3 is 5.11 Å². The quantitative estimate of drug-likeness (QED) is 0.888. The first kappa shape index (κ1) is 11.7. The molecule has 0 aliphatic rings. The van der Waals surface area contributed by atoms with Crippen LogP contribution in [0.2, 0.25) is 0 Å². The van der Waals surface area contributed by atoms with Gasteiger partial charge in [-0.2, -0.15) is 5.10 Å². The Kier molecular flexibility index (Phi) is 3.37. The van der Waals surface area contributed by atoms with Crippen LogP contribution in [0.25, 0.3) is 0 Å². The Morgan fingerprint density at radius 1 is 1.57 bits per heavy atom. The van der Waals surface area contributed by atoms with E-state index in [2.05, 4.69) is 21.0 Å². The minimum atomic E-state index is -0.501. The van der Waals surface area contributed by atoms with Gasteiger partial charge in [-0.1, -0.05) is 20.8 Å².